The van der Waals surface area contributed by atoms with Crippen LogP contribution in [0.25, 0.3) is 0 Å². The van der Waals surface area contributed by atoms with Crippen molar-refractivity contribution in [2.24, 2.45) is 0 Å². The van der Waals surface area contributed by atoms with Gasteiger partial charge < -0.3 is 19.5 Å². The van der Waals surface area contributed by atoms with E-state index in [0.29, 0.717) is 28.6 Å². The van der Waals surface area contributed by atoms with Gasteiger partial charge in [-0.1, -0.05) is 0 Å². The summed E-state index contributed by atoms with van der Waals surface area (Å²) in [7, 11) is 0.267. The van der Waals surface area contributed by atoms with Crippen LogP contribution in [0.2, 0.25) is 0 Å². The Bertz CT molecular complexity index is 1160. The number of nitrogens with one attached hydrogen (secondary N) is 2. The molecule has 0 heterocycles. The van der Waals surface area contributed by atoms with Crippen molar-refractivity contribution in [3.05, 3.63) is 72.3 Å². The summed E-state index contributed by atoms with van der Waals surface area (Å²) < 4.78 is 43.8. The third kappa shape index (κ3) is 5.26. The van der Waals surface area contributed by atoms with E-state index in [2.05, 4.69) is 10.0 Å². The number of anilines is 3. The SMILES string of the molecule is COC(=O)c1ccc(Nc2ccc(OC)cc2)c(S(=O)(=O)Nc2ccc(OC)cc2)c1. The first-order valence-corrected chi connectivity index (χ1v) is 10.6. The van der Waals surface area contributed by atoms with Crippen LogP contribution in [0.5, 0.6) is 11.5 Å². The minimum absolute atomic E-state index is 0.109. The van der Waals surface area contributed by atoms with E-state index in [1.165, 1.54) is 32.4 Å². The molecule has 0 bridgehead atoms. The van der Waals surface area contributed by atoms with Gasteiger partial charge in [0.25, 0.3) is 10.0 Å². The zero-order chi connectivity index (χ0) is 22.4. The van der Waals surface area contributed by atoms with Crippen LogP contribution >= 0.6 is 0 Å². The molecule has 0 aromatic heterocycles. The van der Waals surface area contributed by atoms with Gasteiger partial charge in [-0.05, 0) is 66.7 Å². The second kappa shape index (κ2) is 9.40. The molecule has 3 rings (SSSR count). The average molecular weight is 442 g/mol. The summed E-state index contributed by atoms with van der Waals surface area (Å²) in [4.78, 5) is 11.9. The second-order valence-corrected chi connectivity index (χ2v) is 8.04. The molecule has 3 aromatic rings. The van der Waals surface area contributed by atoms with Crippen LogP contribution in [-0.4, -0.2) is 35.7 Å². The number of esters is 1. The highest BCUT2D eigenvalue weighted by Crippen LogP contribution is 2.29. The third-order valence-corrected chi connectivity index (χ3v) is 5.82. The third-order valence-electron chi connectivity index (χ3n) is 4.40. The standard InChI is InChI=1S/C22H22N2O6S/c1-28-18-9-5-16(6-10-18)23-20-13-4-15(22(25)30-3)14-21(20)31(26,27)24-17-7-11-19(29-2)12-8-17/h4-14,23-24H,1-3H3. The van der Waals surface area contributed by atoms with Crippen molar-refractivity contribution in [1.82, 2.24) is 0 Å². The summed E-state index contributed by atoms with van der Waals surface area (Å²) >= 11 is 0. The Morgan fingerprint density at radius 3 is 1.84 bits per heavy atom. The fourth-order valence-corrected chi connectivity index (χ4v) is 4.04. The second-order valence-electron chi connectivity index (χ2n) is 6.39. The number of benzene rings is 3. The lowest BCUT2D eigenvalue weighted by molar-refractivity contribution is 0.0600. The molecule has 8 nitrogen and oxygen atoms in total. The van der Waals surface area contributed by atoms with Gasteiger partial charge in [0, 0.05) is 11.4 Å². The lowest BCUT2D eigenvalue weighted by atomic mass is 10.2. The first kappa shape index (κ1) is 22.0. The lowest BCUT2D eigenvalue weighted by Gasteiger charge is -2.15. The summed E-state index contributed by atoms with van der Waals surface area (Å²) in [5.74, 6) is 0.620. The van der Waals surface area contributed by atoms with Crippen LogP contribution < -0.4 is 19.5 Å². The molecule has 2 N–H and O–H groups in total. The number of sulfonamides is 1. The first-order valence-electron chi connectivity index (χ1n) is 9.16. The van der Waals surface area contributed by atoms with Crippen LogP contribution in [0.3, 0.4) is 0 Å². The van der Waals surface area contributed by atoms with E-state index < -0.39 is 16.0 Å². The number of carbonyl (C=O) groups excluding carboxylic acids is 1. The Morgan fingerprint density at radius 2 is 1.32 bits per heavy atom. The highest BCUT2D eigenvalue weighted by atomic mass is 32.2. The van der Waals surface area contributed by atoms with E-state index in [1.54, 1.807) is 55.6 Å². The zero-order valence-corrected chi connectivity index (χ0v) is 18.0. The number of carbonyl (C=O) groups is 1. The predicted octanol–water partition coefficient (Wildman–Crippen LogP) is 4.03. The summed E-state index contributed by atoms with van der Waals surface area (Å²) in [5.41, 5.74) is 1.39. The monoisotopic (exact) mass is 442 g/mol. The molecule has 0 aliphatic carbocycles. The molecule has 0 amide bonds. The van der Waals surface area contributed by atoms with Crippen molar-refractivity contribution in [2.75, 3.05) is 31.4 Å². The van der Waals surface area contributed by atoms with E-state index in [9.17, 15) is 13.2 Å². The summed E-state index contributed by atoms with van der Waals surface area (Å²) in [6, 6.07) is 17.7. The molecule has 0 fully saturated rings. The van der Waals surface area contributed by atoms with E-state index in [0.717, 1.165) is 0 Å². The van der Waals surface area contributed by atoms with Crippen LogP contribution in [-0.2, 0) is 14.8 Å². The van der Waals surface area contributed by atoms with Gasteiger partial charge in [-0.15, -0.1) is 0 Å². The minimum atomic E-state index is -4.05. The molecule has 0 aliphatic rings. The molecule has 0 saturated carbocycles. The van der Waals surface area contributed by atoms with Gasteiger partial charge in [0.15, 0.2) is 0 Å². The fraction of sp³-hybridized carbons (Fsp3) is 0.136. The molecule has 0 spiro atoms. The largest absolute Gasteiger partial charge is 0.497 e. The molecule has 162 valence electrons. The molecule has 31 heavy (non-hydrogen) atoms. The highest BCUT2D eigenvalue weighted by molar-refractivity contribution is 7.92. The smallest absolute Gasteiger partial charge is 0.337 e. The number of rotatable bonds is 8. The Hall–Kier alpha value is -3.72. The van der Waals surface area contributed by atoms with Crippen molar-refractivity contribution >= 4 is 33.1 Å². The predicted molar refractivity (Wildman–Crippen MR) is 118 cm³/mol. The number of hydrogen-bond acceptors (Lipinski definition) is 7. The molecular formula is C22H22N2O6S. The highest BCUT2D eigenvalue weighted by Gasteiger charge is 2.22. The maximum absolute atomic E-state index is 13.2. The summed E-state index contributed by atoms with van der Waals surface area (Å²) in [6.45, 7) is 0. The van der Waals surface area contributed by atoms with E-state index in [1.807, 2.05) is 0 Å². The van der Waals surface area contributed by atoms with Crippen LogP contribution in [0.1, 0.15) is 10.4 Å². The summed E-state index contributed by atoms with van der Waals surface area (Å²) in [5, 5.41) is 3.07. The Morgan fingerprint density at radius 1 is 0.774 bits per heavy atom. The van der Waals surface area contributed by atoms with E-state index in [-0.39, 0.29) is 10.5 Å². The van der Waals surface area contributed by atoms with Crippen molar-refractivity contribution in [3.8, 4) is 11.5 Å². The van der Waals surface area contributed by atoms with Gasteiger partial charge in [0.1, 0.15) is 16.4 Å². The van der Waals surface area contributed by atoms with Crippen LogP contribution in [0, 0.1) is 0 Å². The quantitative estimate of drug-likeness (QED) is 0.508. The van der Waals surface area contributed by atoms with Gasteiger partial charge in [0.2, 0.25) is 0 Å². The number of hydrogen-bond donors (Lipinski definition) is 2. The van der Waals surface area contributed by atoms with Crippen molar-refractivity contribution in [1.29, 1.82) is 0 Å². The molecular weight excluding hydrogens is 420 g/mol. The number of methoxy groups -OCH3 is 3. The normalized spacial score (nSPS) is 10.8. The van der Waals surface area contributed by atoms with Crippen LogP contribution in [0.4, 0.5) is 17.1 Å². The van der Waals surface area contributed by atoms with Gasteiger partial charge in [-0.25, -0.2) is 13.2 Å². The molecule has 0 radical (unpaired) electrons. The van der Waals surface area contributed by atoms with Gasteiger partial charge >= 0.3 is 5.97 Å². The molecule has 0 atom stereocenters. The summed E-state index contributed by atoms with van der Waals surface area (Å²) in [6.07, 6.45) is 0. The molecule has 0 unspecified atom stereocenters. The van der Waals surface area contributed by atoms with Gasteiger partial charge in [-0.3, -0.25) is 4.72 Å². The van der Waals surface area contributed by atoms with E-state index >= 15 is 0 Å². The molecule has 9 heteroatoms. The average Bonchev–Trinajstić information content (AvgIpc) is 2.79. The maximum atomic E-state index is 13.2. The first-order chi connectivity index (χ1) is 14.9. The maximum Gasteiger partial charge on any atom is 0.337 e. The fourth-order valence-electron chi connectivity index (χ4n) is 2.79. The van der Waals surface area contributed by atoms with Crippen LogP contribution in [0.15, 0.2) is 71.6 Å². The Labute approximate surface area is 180 Å². The molecule has 0 aliphatic heterocycles. The van der Waals surface area contributed by atoms with Gasteiger partial charge in [-0.2, -0.15) is 0 Å². The van der Waals surface area contributed by atoms with Crippen molar-refractivity contribution < 1.29 is 27.4 Å². The zero-order valence-electron chi connectivity index (χ0n) is 17.2. The Balaban J connectivity index is 1.99. The minimum Gasteiger partial charge on any atom is -0.497 e. The molecule has 0 saturated heterocycles. The van der Waals surface area contributed by atoms with E-state index in [4.69, 9.17) is 14.2 Å². The van der Waals surface area contributed by atoms with Crippen molar-refractivity contribution in [3.63, 3.8) is 0 Å². The topological polar surface area (TPSA) is 103 Å². The lowest BCUT2D eigenvalue weighted by Crippen LogP contribution is -2.16. The van der Waals surface area contributed by atoms with Gasteiger partial charge in [0.05, 0.1) is 32.6 Å². The van der Waals surface area contributed by atoms with Crippen molar-refractivity contribution in [2.45, 2.75) is 4.90 Å². The molecule has 3 aromatic carbocycles. The Kier molecular flexibility index (Phi) is 6.66. The number of ether oxygens (including phenoxy) is 3.